The van der Waals surface area contributed by atoms with E-state index in [1.807, 2.05) is 0 Å². The molecule has 2 saturated carbocycles. The third-order valence-corrected chi connectivity index (χ3v) is 3.98. The van der Waals surface area contributed by atoms with E-state index in [1.54, 1.807) is 0 Å². The highest BCUT2D eigenvalue weighted by Gasteiger charge is 2.42. The van der Waals surface area contributed by atoms with Crippen molar-refractivity contribution in [1.29, 1.82) is 0 Å². The van der Waals surface area contributed by atoms with E-state index in [0.717, 1.165) is 12.5 Å². The summed E-state index contributed by atoms with van der Waals surface area (Å²) >= 11 is 0. The minimum atomic E-state index is 0.609. The summed E-state index contributed by atoms with van der Waals surface area (Å²) in [5, 5.41) is 0. The molecule has 2 unspecified atom stereocenters. The Hall–Kier alpha value is -0.0400. The second-order valence-corrected chi connectivity index (χ2v) is 4.40. The lowest BCUT2D eigenvalue weighted by Crippen LogP contribution is -2.36. The Morgan fingerprint density at radius 2 is 1.82 bits per heavy atom. The van der Waals surface area contributed by atoms with Gasteiger partial charge in [0.25, 0.3) is 0 Å². The maximum absolute atomic E-state index is 5.88. The number of hydrogen-bond donors (Lipinski definition) is 1. The normalized spacial score (nSPS) is 43.9. The Labute approximate surface area is 69.4 Å². The van der Waals surface area contributed by atoms with Crippen LogP contribution < -0.4 is 5.73 Å². The zero-order valence-corrected chi connectivity index (χ0v) is 7.31. The molecule has 64 valence electrons. The van der Waals surface area contributed by atoms with E-state index in [0.29, 0.717) is 5.41 Å². The smallest absolute Gasteiger partial charge is 0.00179 e. The maximum atomic E-state index is 5.88. The molecule has 0 amide bonds. The van der Waals surface area contributed by atoms with Gasteiger partial charge in [0.1, 0.15) is 0 Å². The van der Waals surface area contributed by atoms with Crippen LogP contribution in [-0.4, -0.2) is 6.54 Å². The minimum Gasteiger partial charge on any atom is -0.330 e. The van der Waals surface area contributed by atoms with Gasteiger partial charge in [-0.15, -0.1) is 0 Å². The van der Waals surface area contributed by atoms with Crippen LogP contribution in [0.3, 0.4) is 0 Å². The summed E-state index contributed by atoms with van der Waals surface area (Å²) in [6, 6.07) is 0. The minimum absolute atomic E-state index is 0.609. The zero-order valence-electron chi connectivity index (χ0n) is 7.31. The first-order valence-corrected chi connectivity index (χ1v) is 5.07. The molecule has 2 rings (SSSR count). The fourth-order valence-electron chi connectivity index (χ4n) is 3.23. The van der Waals surface area contributed by atoms with Crippen LogP contribution in [0.1, 0.15) is 44.9 Å². The van der Waals surface area contributed by atoms with Crippen LogP contribution in [0.25, 0.3) is 0 Å². The van der Waals surface area contributed by atoms with Crippen molar-refractivity contribution in [2.24, 2.45) is 17.1 Å². The van der Waals surface area contributed by atoms with Crippen LogP contribution >= 0.6 is 0 Å². The molecule has 0 heterocycles. The van der Waals surface area contributed by atoms with E-state index >= 15 is 0 Å². The zero-order chi connectivity index (χ0) is 7.73. The molecular formula is C10H19N. The molecule has 0 spiro atoms. The first kappa shape index (κ1) is 7.60. The van der Waals surface area contributed by atoms with E-state index in [-0.39, 0.29) is 0 Å². The van der Waals surface area contributed by atoms with Crippen LogP contribution in [0.15, 0.2) is 0 Å². The van der Waals surface area contributed by atoms with Crippen molar-refractivity contribution in [2.75, 3.05) is 6.54 Å². The highest BCUT2D eigenvalue weighted by molar-refractivity contribution is 4.94. The topological polar surface area (TPSA) is 26.0 Å². The molecule has 2 fully saturated rings. The highest BCUT2D eigenvalue weighted by atomic mass is 14.6. The van der Waals surface area contributed by atoms with Crippen molar-refractivity contribution in [2.45, 2.75) is 44.9 Å². The van der Waals surface area contributed by atoms with Crippen molar-refractivity contribution in [1.82, 2.24) is 0 Å². The third kappa shape index (κ3) is 1.10. The van der Waals surface area contributed by atoms with Crippen LogP contribution in [0, 0.1) is 11.3 Å². The lowest BCUT2D eigenvalue weighted by Gasteiger charge is -2.38. The second kappa shape index (κ2) is 2.78. The number of rotatable bonds is 1. The van der Waals surface area contributed by atoms with Gasteiger partial charge in [-0.25, -0.2) is 0 Å². The van der Waals surface area contributed by atoms with Gasteiger partial charge in [-0.1, -0.05) is 19.3 Å². The number of nitrogens with two attached hydrogens (primary N) is 1. The van der Waals surface area contributed by atoms with E-state index < -0.39 is 0 Å². The molecule has 0 saturated heterocycles. The summed E-state index contributed by atoms with van der Waals surface area (Å²) in [7, 11) is 0. The summed E-state index contributed by atoms with van der Waals surface area (Å²) in [5.41, 5.74) is 6.49. The monoisotopic (exact) mass is 153 g/mol. The number of fused-ring (bicyclic) bond motifs is 1. The second-order valence-electron chi connectivity index (χ2n) is 4.40. The fourth-order valence-corrected chi connectivity index (χ4v) is 3.23. The predicted molar refractivity (Wildman–Crippen MR) is 47.3 cm³/mol. The standard InChI is InChI=1S/C10H19N/c11-8-10-6-2-1-4-9(10)5-3-7-10/h9H,1-8,11H2. The summed E-state index contributed by atoms with van der Waals surface area (Å²) in [6.45, 7) is 0.956. The Morgan fingerprint density at radius 1 is 1.09 bits per heavy atom. The molecule has 11 heavy (non-hydrogen) atoms. The fraction of sp³-hybridized carbons (Fsp3) is 1.00. The van der Waals surface area contributed by atoms with Crippen molar-refractivity contribution in [3.8, 4) is 0 Å². The molecule has 1 heteroatoms. The molecule has 0 aromatic heterocycles. The Bertz CT molecular complexity index is 144. The summed E-state index contributed by atoms with van der Waals surface area (Å²) in [6.07, 6.45) is 10.1. The molecule has 2 N–H and O–H groups in total. The highest BCUT2D eigenvalue weighted by Crippen LogP contribution is 2.51. The third-order valence-electron chi connectivity index (χ3n) is 3.98. The van der Waals surface area contributed by atoms with Gasteiger partial charge in [-0.05, 0) is 43.6 Å². The molecule has 2 atom stereocenters. The Balaban J connectivity index is 2.12. The van der Waals surface area contributed by atoms with Crippen molar-refractivity contribution < 1.29 is 0 Å². The van der Waals surface area contributed by atoms with Crippen LogP contribution in [0.5, 0.6) is 0 Å². The molecule has 0 bridgehead atoms. The van der Waals surface area contributed by atoms with Gasteiger partial charge < -0.3 is 5.73 Å². The summed E-state index contributed by atoms with van der Waals surface area (Å²) in [5.74, 6) is 1.00. The van der Waals surface area contributed by atoms with E-state index in [9.17, 15) is 0 Å². The van der Waals surface area contributed by atoms with Gasteiger partial charge in [-0.2, -0.15) is 0 Å². The Kier molecular flexibility index (Phi) is 1.92. The number of hydrogen-bond acceptors (Lipinski definition) is 1. The maximum Gasteiger partial charge on any atom is -0.00179 e. The molecular weight excluding hydrogens is 134 g/mol. The van der Waals surface area contributed by atoms with Crippen molar-refractivity contribution in [3.05, 3.63) is 0 Å². The Morgan fingerprint density at radius 3 is 2.55 bits per heavy atom. The van der Waals surface area contributed by atoms with Crippen LogP contribution in [-0.2, 0) is 0 Å². The molecule has 0 aromatic rings. The largest absolute Gasteiger partial charge is 0.330 e. The average molecular weight is 153 g/mol. The molecule has 2 aliphatic rings. The van der Waals surface area contributed by atoms with Crippen molar-refractivity contribution >= 4 is 0 Å². The van der Waals surface area contributed by atoms with E-state index in [2.05, 4.69) is 0 Å². The molecule has 1 nitrogen and oxygen atoms in total. The van der Waals surface area contributed by atoms with E-state index in [1.165, 1.54) is 44.9 Å². The van der Waals surface area contributed by atoms with Crippen molar-refractivity contribution in [3.63, 3.8) is 0 Å². The van der Waals surface area contributed by atoms with Crippen LogP contribution in [0.4, 0.5) is 0 Å². The molecule has 0 radical (unpaired) electrons. The van der Waals surface area contributed by atoms with Gasteiger partial charge in [0.2, 0.25) is 0 Å². The van der Waals surface area contributed by atoms with E-state index in [4.69, 9.17) is 5.73 Å². The lowest BCUT2D eigenvalue weighted by atomic mass is 9.68. The molecule has 0 aromatic carbocycles. The first-order valence-electron chi connectivity index (χ1n) is 5.07. The first-order chi connectivity index (χ1) is 5.37. The van der Waals surface area contributed by atoms with Gasteiger partial charge in [0.05, 0.1) is 0 Å². The summed E-state index contributed by atoms with van der Waals surface area (Å²) in [4.78, 5) is 0. The lowest BCUT2D eigenvalue weighted by molar-refractivity contribution is 0.138. The molecule has 0 aliphatic heterocycles. The quantitative estimate of drug-likeness (QED) is 0.614. The average Bonchev–Trinajstić information content (AvgIpc) is 2.48. The predicted octanol–water partition coefficient (Wildman–Crippen LogP) is 2.31. The van der Waals surface area contributed by atoms with Gasteiger partial charge in [0.15, 0.2) is 0 Å². The molecule has 2 aliphatic carbocycles. The summed E-state index contributed by atoms with van der Waals surface area (Å²) < 4.78 is 0. The van der Waals surface area contributed by atoms with Crippen LogP contribution in [0.2, 0.25) is 0 Å². The van der Waals surface area contributed by atoms with Gasteiger partial charge >= 0.3 is 0 Å². The van der Waals surface area contributed by atoms with Gasteiger partial charge in [0, 0.05) is 0 Å². The van der Waals surface area contributed by atoms with Gasteiger partial charge in [-0.3, -0.25) is 0 Å². The SMILES string of the molecule is NCC12CCCCC1CCC2.